The first-order valence-corrected chi connectivity index (χ1v) is 4.60. The number of ether oxygens (including phenoxy) is 1. The zero-order valence-corrected chi connectivity index (χ0v) is 8.16. The Morgan fingerprint density at radius 2 is 2.23 bits per heavy atom. The third-order valence-corrected chi connectivity index (χ3v) is 2.04. The molecule has 0 bridgehead atoms. The van der Waals surface area contributed by atoms with Gasteiger partial charge in [0.1, 0.15) is 5.75 Å². The number of rotatable bonds is 4. The van der Waals surface area contributed by atoms with E-state index < -0.39 is 0 Å². The van der Waals surface area contributed by atoms with Crippen LogP contribution in [0.15, 0.2) is 24.3 Å². The molecule has 0 aliphatic heterocycles. The number of aliphatic hydroxyl groups excluding tert-OH is 1. The average molecular weight is 180 g/mol. The summed E-state index contributed by atoms with van der Waals surface area (Å²) in [7, 11) is 1.63. The van der Waals surface area contributed by atoms with Crippen molar-refractivity contribution >= 4 is 0 Å². The van der Waals surface area contributed by atoms with Crippen molar-refractivity contribution in [2.45, 2.75) is 25.9 Å². The minimum Gasteiger partial charge on any atom is -0.497 e. The molecule has 0 saturated carbocycles. The predicted molar refractivity (Wildman–Crippen MR) is 52.9 cm³/mol. The second-order valence-corrected chi connectivity index (χ2v) is 3.08. The standard InChI is InChI=1S/C11H16O2/c1-3-5-11(12)9-6-4-7-10(8-9)13-2/h4,6-8,11-12H,3,5H2,1-2H3. The maximum absolute atomic E-state index is 9.68. The first kappa shape index (κ1) is 10.1. The lowest BCUT2D eigenvalue weighted by Crippen LogP contribution is -1.96. The largest absolute Gasteiger partial charge is 0.497 e. The van der Waals surface area contributed by atoms with Crippen LogP contribution in [0.3, 0.4) is 0 Å². The van der Waals surface area contributed by atoms with Gasteiger partial charge in [-0.15, -0.1) is 0 Å². The molecule has 13 heavy (non-hydrogen) atoms. The molecule has 0 saturated heterocycles. The fourth-order valence-electron chi connectivity index (χ4n) is 1.29. The first-order valence-electron chi connectivity index (χ1n) is 4.60. The van der Waals surface area contributed by atoms with Crippen LogP contribution in [-0.2, 0) is 0 Å². The monoisotopic (exact) mass is 180 g/mol. The molecule has 0 fully saturated rings. The van der Waals surface area contributed by atoms with Crippen molar-refractivity contribution in [2.24, 2.45) is 0 Å². The summed E-state index contributed by atoms with van der Waals surface area (Å²) in [6.45, 7) is 2.06. The summed E-state index contributed by atoms with van der Waals surface area (Å²) in [5.74, 6) is 0.799. The Labute approximate surface area is 79.2 Å². The molecule has 2 nitrogen and oxygen atoms in total. The van der Waals surface area contributed by atoms with Gasteiger partial charge >= 0.3 is 0 Å². The Bertz CT molecular complexity index is 258. The third kappa shape index (κ3) is 2.74. The summed E-state index contributed by atoms with van der Waals surface area (Å²) in [5.41, 5.74) is 0.932. The first-order chi connectivity index (χ1) is 6.27. The molecule has 0 radical (unpaired) electrons. The van der Waals surface area contributed by atoms with Gasteiger partial charge in [-0.25, -0.2) is 0 Å². The maximum Gasteiger partial charge on any atom is 0.119 e. The van der Waals surface area contributed by atoms with Gasteiger partial charge in [-0.1, -0.05) is 25.5 Å². The molecule has 1 aromatic carbocycles. The van der Waals surface area contributed by atoms with Crippen molar-refractivity contribution in [2.75, 3.05) is 7.11 Å². The van der Waals surface area contributed by atoms with Gasteiger partial charge in [-0.05, 0) is 24.1 Å². The summed E-state index contributed by atoms with van der Waals surface area (Å²) in [5, 5.41) is 9.68. The van der Waals surface area contributed by atoms with E-state index in [0.717, 1.165) is 24.2 Å². The zero-order chi connectivity index (χ0) is 9.68. The summed E-state index contributed by atoms with van der Waals surface area (Å²) in [6.07, 6.45) is 1.42. The van der Waals surface area contributed by atoms with Gasteiger partial charge in [-0.3, -0.25) is 0 Å². The highest BCUT2D eigenvalue weighted by Gasteiger charge is 2.06. The molecule has 0 aromatic heterocycles. The molecular formula is C11H16O2. The van der Waals surface area contributed by atoms with E-state index in [0.29, 0.717) is 0 Å². The highest BCUT2D eigenvalue weighted by atomic mass is 16.5. The van der Waals surface area contributed by atoms with Crippen molar-refractivity contribution in [3.05, 3.63) is 29.8 Å². The smallest absolute Gasteiger partial charge is 0.119 e. The van der Waals surface area contributed by atoms with Crippen molar-refractivity contribution in [3.8, 4) is 5.75 Å². The van der Waals surface area contributed by atoms with Crippen molar-refractivity contribution < 1.29 is 9.84 Å². The van der Waals surface area contributed by atoms with Crippen LogP contribution in [0.5, 0.6) is 5.75 Å². The van der Waals surface area contributed by atoms with Gasteiger partial charge in [0.15, 0.2) is 0 Å². The maximum atomic E-state index is 9.68. The average Bonchev–Trinajstić information content (AvgIpc) is 2.18. The summed E-state index contributed by atoms with van der Waals surface area (Å²) in [6, 6.07) is 7.57. The summed E-state index contributed by atoms with van der Waals surface area (Å²) >= 11 is 0. The molecule has 1 unspecified atom stereocenters. The highest BCUT2D eigenvalue weighted by Crippen LogP contribution is 2.21. The molecule has 0 aliphatic carbocycles. The van der Waals surface area contributed by atoms with Crippen LogP contribution in [0.1, 0.15) is 31.4 Å². The van der Waals surface area contributed by atoms with E-state index in [-0.39, 0.29) is 6.10 Å². The molecule has 72 valence electrons. The van der Waals surface area contributed by atoms with Crippen LogP contribution >= 0.6 is 0 Å². The highest BCUT2D eigenvalue weighted by molar-refractivity contribution is 5.29. The minimum atomic E-state index is -0.361. The summed E-state index contributed by atoms with van der Waals surface area (Å²) in [4.78, 5) is 0. The molecule has 2 heteroatoms. The van der Waals surface area contributed by atoms with Crippen LogP contribution in [0, 0.1) is 0 Å². The number of benzene rings is 1. The van der Waals surface area contributed by atoms with Crippen molar-refractivity contribution in [1.82, 2.24) is 0 Å². The number of methoxy groups -OCH3 is 1. The SMILES string of the molecule is CCCC(O)c1cccc(OC)c1. The van der Waals surface area contributed by atoms with Crippen LogP contribution in [-0.4, -0.2) is 12.2 Å². The van der Waals surface area contributed by atoms with Crippen LogP contribution in [0.4, 0.5) is 0 Å². The Morgan fingerprint density at radius 1 is 1.46 bits per heavy atom. The predicted octanol–water partition coefficient (Wildman–Crippen LogP) is 2.53. The lowest BCUT2D eigenvalue weighted by molar-refractivity contribution is 0.166. The van der Waals surface area contributed by atoms with Gasteiger partial charge in [0.05, 0.1) is 13.2 Å². The molecule has 0 aliphatic rings. The van der Waals surface area contributed by atoms with E-state index in [1.54, 1.807) is 7.11 Å². The second-order valence-electron chi connectivity index (χ2n) is 3.08. The normalized spacial score (nSPS) is 12.5. The molecule has 0 heterocycles. The van der Waals surface area contributed by atoms with E-state index in [9.17, 15) is 5.11 Å². The number of aliphatic hydroxyl groups is 1. The van der Waals surface area contributed by atoms with E-state index in [1.807, 2.05) is 24.3 Å². The molecular weight excluding hydrogens is 164 g/mol. The van der Waals surface area contributed by atoms with Gasteiger partial charge in [0.25, 0.3) is 0 Å². The fraction of sp³-hybridized carbons (Fsp3) is 0.455. The topological polar surface area (TPSA) is 29.5 Å². The Morgan fingerprint density at radius 3 is 2.85 bits per heavy atom. The lowest BCUT2D eigenvalue weighted by Gasteiger charge is -2.10. The van der Waals surface area contributed by atoms with Crippen LogP contribution < -0.4 is 4.74 Å². The van der Waals surface area contributed by atoms with Crippen molar-refractivity contribution in [1.29, 1.82) is 0 Å². The molecule has 1 N–H and O–H groups in total. The Hall–Kier alpha value is -1.02. The van der Waals surface area contributed by atoms with Gasteiger partial charge in [0.2, 0.25) is 0 Å². The van der Waals surface area contributed by atoms with Gasteiger partial charge in [-0.2, -0.15) is 0 Å². The summed E-state index contributed by atoms with van der Waals surface area (Å²) < 4.78 is 5.07. The zero-order valence-electron chi connectivity index (χ0n) is 8.16. The van der Waals surface area contributed by atoms with Gasteiger partial charge in [0, 0.05) is 0 Å². The Kier molecular flexibility index (Phi) is 3.77. The van der Waals surface area contributed by atoms with E-state index in [2.05, 4.69) is 6.92 Å². The van der Waals surface area contributed by atoms with Gasteiger partial charge < -0.3 is 9.84 Å². The fourth-order valence-corrected chi connectivity index (χ4v) is 1.29. The van der Waals surface area contributed by atoms with Crippen LogP contribution in [0.25, 0.3) is 0 Å². The molecule has 1 aromatic rings. The third-order valence-electron chi connectivity index (χ3n) is 2.04. The van der Waals surface area contributed by atoms with E-state index in [4.69, 9.17) is 4.74 Å². The van der Waals surface area contributed by atoms with Crippen LogP contribution in [0.2, 0.25) is 0 Å². The molecule has 1 atom stereocenters. The molecule has 1 rings (SSSR count). The molecule has 0 amide bonds. The van der Waals surface area contributed by atoms with E-state index in [1.165, 1.54) is 0 Å². The second kappa shape index (κ2) is 4.87. The minimum absolute atomic E-state index is 0.361. The quantitative estimate of drug-likeness (QED) is 0.771. The molecule has 0 spiro atoms. The van der Waals surface area contributed by atoms with E-state index >= 15 is 0 Å². The number of hydrogen-bond donors (Lipinski definition) is 1. The number of hydrogen-bond acceptors (Lipinski definition) is 2. The lowest BCUT2D eigenvalue weighted by atomic mass is 10.1. The van der Waals surface area contributed by atoms with Crippen molar-refractivity contribution in [3.63, 3.8) is 0 Å². The Balaban J connectivity index is 2.75.